The average Bonchev–Trinajstić information content (AvgIpc) is 2.67. The van der Waals surface area contributed by atoms with Gasteiger partial charge in [-0.25, -0.2) is 8.42 Å². The maximum atomic E-state index is 13.1. The lowest BCUT2D eigenvalue weighted by atomic mass is 9.82. The van der Waals surface area contributed by atoms with Gasteiger partial charge in [0.25, 0.3) is 10.0 Å². The number of carbonyl (C=O) groups excluding carboxylic acids is 2. The second-order valence-electron chi connectivity index (χ2n) is 6.57. The van der Waals surface area contributed by atoms with Crippen LogP contribution >= 0.6 is 0 Å². The summed E-state index contributed by atoms with van der Waals surface area (Å²) in [5.41, 5.74) is 7.50. The SMILES string of the molecule is Cc1ccc(S(=O)(=O)Nc2ccc(N)c3c2C(=O)c2ccccc2C3=O)cc1. The first-order chi connectivity index (χ1) is 13.3. The molecule has 0 radical (unpaired) electrons. The van der Waals surface area contributed by atoms with E-state index in [-0.39, 0.29) is 38.5 Å². The highest BCUT2D eigenvalue weighted by molar-refractivity contribution is 7.92. The van der Waals surface area contributed by atoms with Crippen LogP contribution in [0.4, 0.5) is 11.4 Å². The minimum Gasteiger partial charge on any atom is -0.398 e. The van der Waals surface area contributed by atoms with E-state index in [0.717, 1.165) is 5.56 Å². The van der Waals surface area contributed by atoms with Gasteiger partial charge in [0.05, 0.1) is 21.7 Å². The molecule has 1 aliphatic rings. The van der Waals surface area contributed by atoms with Gasteiger partial charge in [0, 0.05) is 16.8 Å². The number of anilines is 2. The molecule has 0 bridgehead atoms. The molecule has 3 N–H and O–H groups in total. The van der Waals surface area contributed by atoms with Crippen LogP contribution in [0, 0.1) is 6.92 Å². The lowest BCUT2D eigenvalue weighted by Gasteiger charge is -2.22. The fourth-order valence-electron chi connectivity index (χ4n) is 3.25. The topological polar surface area (TPSA) is 106 Å². The molecule has 0 saturated carbocycles. The van der Waals surface area contributed by atoms with Crippen molar-refractivity contribution in [3.63, 3.8) is 0 Å². The van der Waals surface area contributed by atoms with E-state index in [1.807, 2.05) is 6.92 Å². The van der Waals surface area contributed by atoms with E-state index in [9.17, 15) is 18.0 Å². The van der Waals surface area contributed by atoms with Gasteiger partial charge in [0.1, 0.15) is 0 Å². The molecule has 0 amide bonds. The first-order valence-corrected chi connectivity index (χ1v) is 9.98. The van der Waals surface area contributed by atoms with Crippen molar-refractivity contribution in [2.45, 2.75) is 11.8 Å². The third-order valence-electron chi connectivity index (χ3n) is 4.68. The second-order valence-corrected chi connectivity index (χ2v) is 8.26. The summed E-state index contributed by atoms with van der Waals surface area (Å²) in [6.45, 7) is 1.85. The molecule has 7 heteroatoms. The van der Waals surface area contributed by atoms with Gasteiger partial charge in [-0.2, -0.15) is 0 Å². The number of ketones is 2. The van der Waals surface area contributed by atoms with Crippen molar-refractivity contribution < 1.29 is 18.0 Å². The van der Waals surface area contributed by atoms with Crippen LogP contribution in [0.25, 0.3) is 0 Å². The number of benzene rings is 3. The van der Waals surface area contributed by atoms with E-state index in [0.29, 0.717) is 0 Å². The Hall–Kier alpha value is -3.45. The summed E-state index contributed by atoms with van der Waals surface area (Å²) in [5, 5.41) is 0. The summed E-state index contributed by atoms with van der Waals surface area (Å²) < 4.78 is 28.0. The van der Waals surface area contributed by atoms with Gasteiger partial charge in [0.15, 0.2) is 11.6 Å². The summed E-state index contributed by atoms with van der Waals surface area (Å²) >= 11 is 0. The first-order valence-electron chi connectivity index (χ1n) is 8.50. The Morgan fingerprint density at radius 2 is 1.36 bits per heavy atom. The number of nitrogens with one attached hydrogen (secondary N) is 1. The maximum Gasteiger partial charge on any atom is 0.261 e. The fraction of sp³-hybridized carbons (Fsp3) is 0.0476. The van der Waals surface area contributed by atoms with Crippen molar-refractivity contribution in [1.82, 2.24) is 0 Å². The molecule has 0 aromatic heterocycles. The third-order valence-corrected chi connectivity index (χ3v) is 6.07. The third kappa shape index (κ3) is 2.76. The standard InChI is InChI=1S/C21H16N2O4S/c1-12-6-8-13(9-7-12)28(26,27)23-17-11-10-16(22)18-19(17)21(25)15-5-3-2-4-14(15)20(18)24/h2-11,23H,22H2,1H3. The lowest BCUT2D eigenvalue weighted by Crippen LogP contribution is -2.25. The van der Waals surface area contributed by atoms with Gasteiger partial charge >= 0.3 is 0 Å². The predicted octanol–water partition coefficient (Wildman–Crippen LogP) is 3.15. The van der Waals surface area contributed by atoms with Crippen molar-refractivity contribution in [2.75, 3.05) is 10.5 Å². The van der Waals surface area contributed by atoms with Crippen LogP contribution in [0.15, 0.2) is 65.6 Å². The Kier molecular flexibility index (Phi) is 4.05. The van der Waals surface area contributed by atoms with Crippen molar-refractivity contribution in [3.8, 4) is 0 Å². The molecule has 0 fully saturated rings. The Balaban J connectivity index is 1.86. The van der Waals surface area contributed by atoms with Crippen LogP contribution in [-0.2, 0) is 10.0 Å². The van der Waals surface area contributed by atoms with Crippen LogP contribution in [-0.4, -0.2) is 20.0 Å². The lowest BCUT2D eigenvalue weighted by molar-refractivity contribution is 0.0980. The number of aryl methyl sites for hydroxylation is 1. The maximum absolute atomic E-state index is 13.1. The number of sulfonamides is 1. The number of nitrogens with two attached hydrogens (primary N) is 1. The minimum atomic E-state index is -3.95. The summed E-state index contributed by atoms with van der Waals surface area (Å²) in [4.78, 5) is 26.0. The number of fused-ring (bicyclic) bond motifs is 2. The van der Waals surface area contributed by atoms with E-state index < -0.39 is 21.6 Å². The van der Waals surface area contributed by atoms with Gasteiger partial charge in [0.2, 0.25) is 0 Å². The molecule has 6 nitrogen and oxygen atoms in total. The molecule has 0 spiro atoms. The Morgan fingerprint density at radius 1 is 0.786 bits per heavy atom. The zero-order valence-corrected chi connectivity index (χ0v) is 15.7. The van der Waals surface area contributed by atoms with Gasteiger partial charge < -0.3 is 5.73 Å². The van der Waals surface area contributed by atoms with E-state index in [1.54, 1.807) is 36.4 Å². The Labute approximate surface area is 162 Å². The molecule has 3 aromatic carbocycles. The molecule has 0 saturated heterocycles. The molecular formula is C21H16N2O4S. The summed E-state index contributed by atoms with van der Waals surface area (Å²) in [6, 6.07) is 15.5. The van der Waals surface area contributed by atoms with Gasteiger partial charge in [-0.15, -0.1) is 0 Å². The van der Waals surface area contributed by atoms with E-state index >= 15 is 0 Å². The highest BCUT2D eigenvalue weighted by Crippen LogP contribution is 2.36. The van der Waals surface area contributed by atoms with Crippen LogP contribution in [0.1, 0.15) is 37.4 Å². The average molecular weight is 392 g/mol. The summed E-state index contributed by atoms with van der Waals surface area (Å²) in [5.74, 6) is -0.849. The fourth-order valence-corrected chi connectivity index (χ4v) is 4.33. The van der Waals surface area contributed by atoms with E-state index in [4.69, 9.17) is 5.73 Å². The van der Waals surface area contributed by atoms with E-state index in [1.165, 1.54) is 24.3 Å². The van der Waals surface area contributed by atoms with Crippen LogP contribution in [0.3, 0.4) is 0 Å². The highest BCUT2D eigenvalue weighted by atomic mass is 32.2. The summed E-state index contributed by atoms with van der Waals surface area (Å²) in [6.07, 6.45) is 0. The van der Waals surface area contributed by atoms with Crippen LogP contribution in [0.2, 0.25) is 0 Å². The van der Waals surface area contributed by atoms with E-state index in [2.05, 4.69) is 4.72 Å². The molecule has 4 rings (SSSR count). The zero-order chi connectivity index (χ0) is 20.1. The second kappa shape index (κ2) is 6.31. The zero-order valence-electron chi connectivity index (χ0n) is 14.9. The van der Waals surface area contributed by atoms with Gasteiger partial charge in [-0.1, -0.05) is 42.0 Å². The molecule has 0 unspecified atom stereocenters. The monoisotopic (exact) mass is 392 g/mol. The van der Waals surface area contributed by atoms with Crippen LogP contribution in [0.5, 0.6) is 0 Å². The number of hydrogen-bond donors (Lipinski definition) is 2. The smallest absolute Gasteiger partial charge is 0.261 e. The Morgan fingerprint density at radius 3 is 1.96 bits per heavy atom. The highest BCUT2D eigenvalue weighted by Gasteiger charge is 2.34. The molecule has 0 atom stereocenters. The Bertz CT molecular complexity index is 1250. The normalized spacial score (nSPS) is 13.0. The molecular weight excluding hydrogens is 376 g/mol. The molecule has 3 aromatic rings. The van der Waals surface area contributed by atoms with Crippen molar-refractivity contribution >= 4 is 33.0 Å². The molecule has 0 heterocycles. The summed E-state index contributed by atoms with van der Waals surface area (Å²) in [7, 11) is -3.95. The first kappa shape index (κ1) is 17.9. The quantitative estimate of drug-likeness (QED) is 0.521. The van der Waals surface area contributed by atoms with Gasteiger partial charge in [-0.3, -0.25) is 14.3 Å². The number of hydrogen-bond acceptors (Lipinski definition) is 5. The molecule has 28 heavy (non-hydrogen) atoms. The molecule has 1 aliphatic carbocycles. The minimum absolute atomic E-state index is 0.0211. The predicted molar refractivity (Wildman–Crippen MR) is 106 cm³/mol. The largest absolute Gasteiger partial charge is 0.398 e. The van der Waals surface area contributed by atoms with Crippen molar-refractivity contribution in [3.05, 3.63) is 88.5 Å². The number of rotatable bonds is 3. The molecule has 140 valence electrons. The number of carbonyl (C=O) groups is 2. The van der Waals surface area contributed by atoms with Crippen molar-refractivity contribution in [1.29, 1.82) is 0 Å². The van der Waals surface area contributed by atoms with Crippen molar-refractivity contribution in [2.24, 2.45) is 0 Å². The van der Waals surface area contributed by atoms with Crippen LogP contribution < -0.4 is 10.5 Å². The molecule has 0 aliphatic heterocycles. The van der Waals surface area contributed by atoms with Gasteiger partial charge in [-0.05, 0) is 31.2 Å². The number of nitrogen functional groups attached to an aromatic ring is 1.